The van der Waals surface area contributed by atoms with Crippen molar-refractivity contribution in [3.05, 3.63) is 34.6 Å². The fourth-order valence-corrected chi connectivity index (χ4v) is 6.80. The van der Waals surface area contributed by atoms with Gasteiger partial charge in [-0.2, -0.15) is 0 Å². The van der Waals surface area contributed by atoms with E-state index in [9.17, 15) is 9.59 Å². The van der Waals surface area contributed by atoms with Crippen LogP contribution in [0.2, 0.25) is 0 Å². The largest absolute Gasteiger partial charge is 0.379 e. The molecular formula is C25H32N4O3S2. The molecule has 0 bridgehead atoms. The summed E-state index contributed by atoms with van der Waals surface area (Å²) in [4.78, 5) is 33.5. The molecule has 0 atom stereocenters. The first-order valence-electron chi connectivity index (χ1n) is 12.3. The molecule has 2 aromatic heterocycles. The molecule has 34 heavy (non-hydrogen) atoms. The molecule has 0 spiro atoms. The van der Waals surface area contributed by atoms with Crippen LogP contribution in [0.1, 0.15) is 38.5 Å². The Labute approximate surface area is 207 Å². The number of carbonyl (C=O) groups excluding carboxylic acids is 1. The zero-order valence-corrected chi connectivity index (χ0v) is 21.1. The summed E-state index contributed by atoms with van der Waals surface area (Å²) in [7, 11) is 0. The minimum atomic E-state index is 0.00312. The molecule has 1 amide bonds. The van der Waals surface area contributed by atoms with Gasteiger partial charge in [-0.1, -0.05) is 49.2 Å². The number of thioether (sulfide) groups is 1. The Morgan fingerprint density at radius 1 is 1.15 bits per heavy atom. The molecule has 1 aliphatic heterocycles. The third-order valence-electron chi connectivity index (χ3n) is 6.71. The molecule has 1 aromatic carbocycles. The minimum absolute atomic E-state index is 0.00312. The second-order valence-corrected chi connectivity index (χ2v) is 11.1. The molecule has 1 aliphatic carbocycles. The van der Waals surface area contributed by atoms with E-state index >= 15 is 0 Å². The van der Waals surface area contributed by atoms with E-state index in [2.05, 4.69) is 10.2 Å². The van der Waals surface area contributed by atoms with Gasteiger partial charge < -0.3 is 10.1 Å². The predicted octanol–water partition coefficient (Wildman–Crippen LogP) is 3.87. The highest BCUT2D eigenvalue weighted by atomic mass is 32.2. The molecule has 0 radical (unpaired) electrons. The summed E-state index contributed by atoms with van der Waals surface area (Å²) in [6.45, 7) is 4.93. The number of morpholine rings is 1. The number of hydrogen-bond acceptors (Lipinski definition) is 7. The number of ether oxygens (including phenoxy) is 1. The normalized spacial score (nSPS) is 18.0. The highest BCUT2D eigenvalue weighted by molar-refractivity contribution is 7.99. The lowest BCUT2D eigenvalue weighted by atomic mass is 9.95. The Hall–Kier alpha value is -1.94. The molecule has 2 aliphatic rings. The second-order valence-electron chi connectivity index (χ2n) is 9.13. The number of rotatable bonds is 8. The van der Waals surface area contributed by atoms with Crippen LogP contribution < -0.4 is 10.9 Å². The minimum Gasteiger partial charge on any atom is -0.379 e. The van der Waals surface area contributed by atoms with E-state index in [0.717, 1.165) is 67.7 Å². The average molecular weight is 501 g/mol. The van der Waals surface area contributed by atoms with Gasteiger partial charge in [0.15, 0.2) is 5.16 Å². The van der Waals surface area contributed by atoms with Crippen molar-refractivity contribution in [2.24, 2.45) is 0 Å². The van der Waals surface area contributed by atoms with Gasteiger partial charge in [0.05, 0.1) is 24.5 Å². The van der Waals surface area contributed by atoms with Gasteiger partial charge in [0.2, 0.25) is 5.91 Å². The Morgan fingerprint density at radius 3 is 2.76 bits per heavy atom. The number of benzene rings is 1. The maximum absolute atomic E-state index is 13.5. The molecule has 3 heterocycles. The first-order valence-corrected chi connectivity index (χ1v) is 14.1. The van der Waals surface area contributed by atoms with Crippen LogP contribution in [0.3, 0.4) is 0 Å². The van der Waals surface area contributed by atoms with Crippen molar-refractivity contribution in [3.63, 3.8) is 0 Å². The molecule has 9 heteroatoms. The van der Waals surface area contributed by atoms with Crippen LogP contribution in [0.25, 0.3) is 20.3 Å². The van der Waals surface area contributed by atoms with Crippen molar-refractivity contribution < 1.29 is 9.53 Å². The summed E-state index contributed by atoms with van der Waals surface area (Å²) < 4.78 is 9.00. The van der Waals surface area contributed by atoms with Crippen LogP contribution in [-0.4, -0.2) is 65.0 Å². The van der Waals surface area contributed by atoms with Crippen molar-refractivity contribution in [2.75, 3.05) is 38.6 Å². The lowest BCUT2D eigenvalue weighted by Crippen LogP contribution is -2.38. The number of fused-ring (bicyclic) bond motifs is 3. The average Bonchev–Trinajstić information content (AvgIpc) is 3.24. The van der Waals surface area contributed by atoms with Crippen LogP contribution in [0.5, 0.6) is 0 Å². The van der Waals surface area contributed by atoms with Gasteiger partial charge in [0.1, 0.15) is 4.70 Å². The lowest BCUT2D eigenvalue weighted by molar-refractivity contribution is -0.119. The highest BCUT2D eigenvalue weighted by Gasteiger charge is 2.20. The molecule has 1 saturated heterocycles. The number of nitrogens with zero attached hydrogens (tertiary/aromatic N) is 3. The van der Waals surface area contributed by atoms with E-state index in [0.29, 0.717) is 16.4 Å². The molecule has 1 N–H and O–H groups in total. The number of carbonyl (C=O) groups is 1. The van der Waals surface area contributed by atoms with Gasteiger partial charge in [0, 0.05) is 42.3 Å². The summed E-state index contributed by atoms with van der Waals surface area (Å²) in [5.74, 6) is 0.307. The van der Waals surface area contributed by atoms with Crippen LogP contribution in [0, 0.1) is 0 Å². The smallest absolute Gasteiger partial charge is 0.272 e. The maximum atomic E-state index is 13.5. The van der Waals surface area contributed by atoms with Crippen molar-refractivity contribution in [2.45, 2.75) is 56.3 Å². The SMILES string of the molecule is O=C(CSc1nc2c(sc3ccccc32)c(=O)n1CCCN1CCOCC1)NC1CCCCC1. The molecular weight excluding hydrogens is 468 g/mol. The predicted molar refractivity (Wildman–Crippen MR) is 139 cm³/mol. The third kappa shape index (κ3) is 5.48. The number of hydrogen-bond donors (Lipinski definition) is 1. The first kappa shape index (κ1) is 23.8. The van der Waals surface area contributed by atoms with Gasteiger partial charge in [-0.3, -0.25) is 19.1 Å². The van der Waals surface area contributed by atoms with E-state index in [1.165, 1.54) is 42.4 Å². The van der Waals surface area contributed by atoms with E-state index < -0.39 is 0 Å². The number of aromatic nitrogens is 2. The zero-order valence-electron chi connectivity index (χ0n) is 19.5. The van der Waals surface area contributed by atoms with Gasteiger partial charge in [-0.15, -0.1) is 11.3 Å². The Kier molecular flexibility index (Phi) is 7.83. The Morgan fingerprint density at radius 2 is 1.94 bits per heavy atom. The summed E-state index contributed by atoms with van der Waals surface area (Å²) in [5.41, 5.74) is 0.758. The lowest BCUT2D eigenvalue weighted by Gasteiger charge is -2.26. The molecule has 3 aromatic rings. The quantitative estimate of drug-likeness (QED) is 0.374. The van der Waals surface area contributed by atoms with Gasteiger partial charge in [0.25, 0.3) is 5.56 Å². The Bertz CT molecular complexity index is 1200. The Balaban J connectivity index is 1.36. The molecule has 1 saturated carbocycles. The first-order chi connectivity index (χ1) is 16.7. The topological polar surface area (TPSA) is 76.5 Å². The number of thiophene rings is 1. The van der Waals surface area contributed by atoms with Crippen LogP contribution in [0.4, 0.5) is 0 Å². The molecule has 182 valence electrons. The second kappa shape index (κ2) is 11.2. The van der Waals surface area contributed by atoms with Crippen molar-refractivity contribution in [3.8, 4) is 0 Å². The van der Waals surface area contributed by atoms with Gasteiger partial charge >= 0.3 is 0 Å². The third-order valence-corrected chi connectivity index (χ3v) is 8.83. The van der Waals surface area contributed by atoms with E-state index in [1.54, 1.807) is 4.57 Å². The fraction of sp³-hybridized carbons (Fsp3) is 0.560. The number of amides is 1. The van der Waals surface area contributed by atoms with Crippen LogP contribution in [-0.2, 0) is 16.1 Å². The zero-order chi connectivity index (χ0) is 23.3. The monoisotopic (exact) mass is 500 g/mol. The molecule has 7 nitrogen and oxygen atoms in total. The summed E-state index contributed by atoms with van der Waals surface area (Å²) in [5, 5.41) is 4.83. The number of nitrogens with one attached hydrogen (secondary N) is 1. The molecule has 2 fully saturated rings. The summed E-state index contributed by atoms with van der Waals surface area (Å²) in [6.07, 6.45) is 6.62. The fourth-order valence-electron chi connectivity index (χ4n) is 4.88. The van der Waals surface area contributed by atoms with E-state index in [-0.39, 0.29) is 23.3 Å². The maximum Gasteiger partial charge on any atom is 0.272 e. The van der Waals surface area contributed by atoms with Crippen molar-refractivity contribution >= 4 is 49.3 Å². The molecule has 0 unspecified atom stereocenters. The van der Waals surface area contributed by atoms with Gasteiger partial charge in [-0.25, -0.2) is 4.98 Å². The van der Waals surface area contributed by atoms with Gasteiger partial charge in [-0.05, 0) is 25.3 Å². The standard InChI is InChI=1S/C25H32N4O3S2/c30-21(26-18-7-2-1-3-8-18)17-33-25-27-22-19-9-4-5-10-20(19)34-23(22)24(31)29(25)12-6-11-28-13-15-32-16-14-28/h4-5,9-10,18H,1-3,6-8,11-17H2,(H,26,30). The van der Waals surface area contributed by atoms with E-state index in [4.69, 9.17) is 9.72 Å². The summed E-state index contributed by atoms with van der Waals surface area (Å²) in [6, 6.07) is 8.31. The van der Waals surface area contributed by atoms with E-state index in [1.807, 2.05) is 24.3 Å². The van der Waals surface area contributed by atoms with Crippen molar-refractivity contribution in [1.82, 2.24) is 19.8 Å². The summed E-state index contributed by atoms with van der Waals surface area (Å²) >= 11 is 2.89. The van der Waals surface area contributed by atoms with Crippen LogP contribution >= 0.6 is 23.1 Å². The van der Waals surface area contributed by atoms with Crippen LogP contribution in [0.15, 0.2) is 34.2 Å². The molecule has 5 rings (SSSR count). The highest BCUT2D eigenvalue weighted by Crippen LogP contribution is 2.32. The van der Waals surface area contributed by atoms with Crippen molar-refractivity contribution in [1.29, 1.82) is 0 Å².